The Morgan fingerprint density at radius 2 is 2.28 bits per heavy atom. The number of hydrogen-bond acceptors (Lipinski definition) is 4. The van der Waals surface area contributed by atoms with Crippen LogP contribution in [0.2, 0.25) is 0 Å². The minimum Gasteiger partial charge on any atom is -0.298 e. The molecule has 0 unspecified atom stereocenters. The minimum atomic E-state index is -0.782. The zero-order chi connectivity index (χ0) is 13.1. The second-order valence-electron chi connectivity index (χ2n) is 4.03. The lowest BCUT2D eigenvalue weighted by Crippen LogP contribution is -2.14. The van der Waals surface area contributed by atoms with Gasteiger partial charge in [-0.25, -0.2) is 9.97 Å². The van der Waals surface area contributed by atoms with E-state index in [0.29, 0.717) is 11.0 Å². The van der Waals surface area contributed by atoms with Crippen molar-refractivity contribution >= 4 is 22.4 Å². The van der Waals surface area contributed by atoms with Gasteiger partial charge in [0.1, 0.15) is 0 Å². The summed E-state index contributed by atoms with van der Waals surface area (Å²) in [6.45, 7) is 4.03. The maximum atomic E-state index is 13.3. The third kappa shape index (κ3) is 2.70. The Morgan fingerprint density at radius 1 is 1.50 bits per heavy atom. The predicted molar refractivity (Wildman–Crippen MR) is 68.4 cm³/mol. The van der Waals surface area contributed by atoms with Crippen molar-refractivity contribution < 1.29 is 9.18 Å². The highest BCUT2D eigenvalue weighted by molar-refractivity contribution is 7.14. The molecule has 0 radical (unpaired) electrons. The van der Waals surface area contributed by atoms with Crippen molar-refractivity contribution in [2.75, 3.05) is 5.32 Å². The predicted octanol–water partition coefficient (Wildman–Crippen LogP) is 3.05. The molecule has 2 heterocycles. The quantitative estimate of drug-likeness (QED) is 0.868. The summed E-state index contributed by atoms with van der Waals surface area (Å²) >= 11 is 1.32. The summed E-state index contributed by atoms with van der Waals surface area (Å²) in [4.78, 5) is 19.5. The number of hydrogen-bond donors (Lipinski definition) is 1. The maximum Gasteiger partial charge on any atom is 0.262 e. The topological polar surface area (TPSA) is 54.9 Å². The van der Waals surface area contributed by atoms with Crippen molar-refractivity contribution in [2.45, 2.75) is 19.8 Å². The van der Waals surface area contributed by atoms with E-state index in [2.05, 4.69) is 15.3 Å². The van der Waals surface area contributed by atoms with Crippen LogP contribution < -0.4 is 5.32 Å². The largest absolute Gasteiger partial charge is 0.298 e. The molecule has 18 heavy (non-hydrogen) atoms. The van der Waals surface area contributed by atoms with Crippen LogP contribution in [0.25, 0.3) is 0 Å². The smallest absolute Gasteiger partial charge is 0.262 e. The highest BCUT2D eigenvalue weighted by atomic mass is 32.1. The van der Waals surface area contributed by atoms with Gasteiger partial charge in [0.25, 0.3) is 5.91 Å². The summed E-state index contributed by atoms with van der Waals surface area (Å²) in [6.07, 6.45) is 1.30. The van der Waals surface area contributed by atoms with Crippen molar-refractivity contribution in [3.05, 3.63) is 40.9 Å². The van der Waals surface area contributed by atoms with E-state index in [9.17, 15) is 9.18 Å². The van der Waals surface area contributed by atoms with E-state index in [-0.39, 0.29) is 5.56 Å². The Labute approximate surface area is 108 Å². The van der Waals surface area contributed by atoms with Crippen LogP contribution in [0.3, 0.4) is 0 Å². The van der Waals surface area contributed by atoms with E-state index >= 15 is 0 Å². The van der Waals surface area contributed by atoms with Gasteiger partial charge in [-0.3, -0.25) is 10.1 Å². The fourth-order valence-electron chi connectivity index (χ4n) is 1.33. The van der Waals surface area contributed by atoms with Crippen LogP contribution >= 0.6 is 11.3 Å². The van der Waals surface area contributed by atoms with Gasteiger partial charge >= 0.3 is 0 Å². The molecule has 0 atom stereocenters. The van der Waals surface area contributed by atoms with Crippen LogP contribution in [0.4, 0.5) is 9.52 Å². The molecule has 2 rings (SSSR count). The first-order valence-electron chi connectivity index (χ1n) is 5.45. The number of nitrogens with one attached hydrogen (secondary N) is 1. The maximum absolute atomic E-state index is 13.3. The van der Waals surface area contributed by atoms with Gasteiger partial charge in [-0.1, -0.05) is 13.8 Å². The van der Waals surface area contributed by atoms with Crippen LogP contribution in [-0.4, -0.2) is 15.9 Å². The average Bonchev–Trinajstić information content (AvgIpc) is 2.78. The number of thiazole rings is 1. The lowest BCUT2D eigenvalue weighted by atomic mass is 10.2. The fourth-order valence-corrected chi connectivity index (χ4v) is 2.20. The molecule has 2 aromatic heterocycles. The lowest BCUT2D eigenvalue weighted by Gasteiger charge is -2.02. The number of pyridine rings is 1. The number of carbonyl (C=O) groups excluding carboxylic acids is 1. The summed E-state index contributed by atoms with van der Waals surface area (Å²) in [7, 11) is 0. The summed E-state index contributed by atoms with van der Waals surface area (Å²) in [5.74, 6) is -1.03. The molecule has 0 saturated heterocycles. The monoisotopic (exact) mass is 265 g/mol. The van der Waals surface area contributed by atoms with E-state index < -0.39 is 11.9 Å². The summed E-state index contributed by atoms with van der Waals surface area (Å²) < 4.78 is 13.3. The van der Waals surface area contributed by atoms with Gasteiger partial charge in [0, 0.05) is 11.6 Å². The summed E-state index contributed by atoms with van der Waals surface area (Å²) in [5, 5.41) is 4.90. The molecule has 0 aromatic carbocycles. The molecule has 0 fully saturated rings. The Hall–Kier alpha value is -1.82. The molecule has 1 N–H and O–H groups in total. The molecule has 0 aliphatic rings. The second kappa shape index (κ2) is 5.22. The number of aromatic nitrogens is 2. The first-order chi connectivity index (χ1) is 8.58. The second-order valence-corrected chi connectivity index (χ2v) is 4.89. The highest BCUT2D eigenvalue weighted by Gasteiger charge is 2.14. The Kier molecular flexibility index (Phi) is 3.66. The van der Waals surface area contributed by atoms with E-state index in [0.717, 1.165) is 5.69 Å². The van der Waals surface area contributed by atoms with Gasteiger partial charge in [0.2, 0.25) is 5.95 Å². The fraction of sp³-hybridized carbons (Fsp3) is 0.250. The number of anilines is 1. The molecule has 0 aliphatic carbocycles. The molecule has 0 bridgehead atoms. The highest BCUT2D eigenvalue weighted by Crippen LogP contribution is 2.22. The van der Waals surface area contributed by atoms with Crippen molar-refractivity contribution in [3.63, 3.8) is 0 Å². The summed E-state index contributed by atoms with van der Waals surface area (Å²) in [6, 6.07) is 2.90. The zero-order valence-corrected chi connectivity index (χ0v) is 10.8. The first kappa shape index (κ1) is 12.6. The Morgan fingerprint density at radius 3 is 2.89 bits per heavy atom. The van der Waals surface area contributed by atoms with Gasteiger partial charge in [-0.05, 0) is 18.1 Å². The number of nitrogens with zero attached hydrogens (tertiary/aromatic N) is 2. The van der Waals surface area contributed by atoms with E-state index in [1.165, 1.54) is 29.7 Å². The van der Waals surface area contributed by atoms with E-state index in [1.54, 1.807) is 0 Å². The Bertz CT molecular complexity index is 568. The lowest BCUT2D eigenvalue weighted by molar-refractivity contribution is 0.102. The third-order valence-corrected chi connectivity index (χ3v) is 3.11. The molecule has 0 saturated carbocycles. The molecule has 0 spiro atoms. The molecule has 6 heteroatoms. The van der Waals surface area contributed by atoms with Crippen molar-refractivity contribution in [3.8, 4) is 0 Å². The molecule has 1 amide bonds. The van der Waals surface area contributed by atoms with Crippen molar-refractivity contribution in [1.29, 1.82) is 0 Å². The molecular formula is C12H12FN3OS. The van der Waals surface area contributed by atoms with Crippen LogP contribution in [0.5, 0.6) is 0 Å². The average molecular weight is 265 g/mol. The minimum absolute atomic E-state index is 0.0844. The van der Waals surface area contributed by atoms with Crippen LogP contribution in [0, 0.1) is 5.95 Å². The van der Waals surface area contributed by atoms with Gasteiger partial charge in [-0.15, -0.1) is 11.3 Å². The first-order valence-corrected chi connectivity index (χ1v) is 6.33. The molecular weight excluding hydrogens is 253 g/mol. The van der Waals surface area contributed by atoms with Crippen LogP contribution in [0.15, 0.2) is 23.7 Å². The number of carbonyl (C=O) groups is 1. The SMILES string of the molecule is CC(C)c1csc(NC(=O)c2cccnc2F)n1. The standard InChI is InChI=1S/C12H12FN3OS/c1-7(2)9-6-18-12(15-9)16-11(17)8-4-3-5-14-10(8)13/h3-7H,1-2H3,(H,15,16,17). The number of amides is 1. The van der Waals surface area contributed by atoms with Crippen LogP contribution in [-0.2, 0) is 0 Å². The van der Waals surface area contributed by atoms with Gasteiger partial charge in [0.15, 0.2) is 5.13 Å². The molecule has 0 aliphatic heterocycles. The van der Waals surface area contributed by atoms with Gasteiger partial charge < -0.3 is 0 Å². The van der Waals surface area contributed by atoms with Gasteiger partial charge in [-0.2, -0.15) is 4.39 Å². The van der Waals surface area contributed by atoms with Gasteiger partial charge in [0.05, 0.1) is 11.3 Å². The normalized spacial score (nSPS) is 10.7. The van der Waals surface area contributed by atoms with E-state index in [1.807, 2.05) is 19.2 Å². The number of rotatable bonds is 3. The zero-order valence-electron chi connectivity index (χ0n) is 9.98. The number of halogens is 1. The molecule has 4 nitrogen and oxygen atoms in total. The molecule has 94 valence electrons. The van der Waals surface area contributed by atoms with Crippen molar-refractivity contribution in [2.24, 2.45) is 0 Å². The third-order valence-electron chi connectivity index (χ3n) is 2.34. The summed E-state index contributed by atoms with van der Waals surface area (Å²) in [5.41, 5.74) is 0.820. The van der Waals surface area contributed by atoms with E-state index in [4.69, 9.17) is 0 Å². The Balaban J connectivity index is 2.14. The molecule has 2 aromatic rings. The van der Waals surface area contributed by atoms with Crippen LogP contribution in [0.1, 0.15) is 35.8 Å². The van der Waals surface area contributed by atoms with Crippen molar-refractivity contribution in [1.82, 2.24) is 9.97 Å².